The molecule has 1 N–H and O–H groups in total. The molecule has 5 nitrogen and oxygen atoms in total. The largest absolute Gasteiger partial charge is 0.486 e. The Morgan fingerprint density at radius 1 is 1.56 bits per heavy atom. The minimum absolute atomic E-state index is 0.0507. The summed E-state index contributed by atoms with van der Waals surface area (Å²) in [7, 11) is 0. The second kappa shape index (κ2) is 4.71. The molecule has 0 fully saturated rings. The van der Waals surface area contributed by atoms with Crippen LogP contribution in [0.3, 0.4) is 0 Å². The van der Waals surface area contributed by atoms with Gasteiger partial charge in [0.25, 0.3) is 0 Å². The van der Waals surface area contributed by atoms with E-state index >= 15 is 0 Å². The average molecular weight is 236 g/mol. The zero-order chi connectivity index (χ0) is 11.4. The molecule has 0 aromatic carbocycles. The maximum Gasteiger partial charge on any atom is 0.355 e. The third-order valence-electron chi connectivity index (χ3n) is 1.79. The van der Waals surface area contributed by atoms with E-state index in [0.29, 0.717) is 12.4 Å². The molecule has 82 valence electrons. The van der Waals surface area contributed by atoms with Crippen LogP contribution in [0.25, 0.3) is 0 Å². The van der Waals surface area contributed by atoms with E-state index in [1.165, 1.54) is 6.07 Å². The molecule has 0 unspecified atom stereocenters. The molecule has 0 saturated heterocycles. The Bertz CT molecular complexity index is 484. The summed E-state index contributed by atoms with van der Waals surface area (Å²) in [5.74, 6) is -0.378. The van der Waals surface area contributed by atoms with Crippen LogP contribution in [0.1, 0.15) is 15.4 Å². The second-order valence-electron chi connectivity index (χ2n) is 2.96. The number of ether oxygens (including phenoxy) is 1. The van der Waals surface area contributed by atoms with Crippen molar-refractivity contribution in [3.8, 4) is 5.75 Å². The molecular weight excluding hydrogens is 228 g/mol. The van der Waals surface area contributed by atoms with Gasteiger partial charge in [-0.2, -0.15) is 4.37 Å². The number of carboxylic acid groups (broad SMARTS) is 1. The van der Waals surface area contributed by atoms with Crippen molar-refractivity contribution in [2.75, 3.05) is 0 Å². The molecule has 2 aromatic rings. The Hall–Kier alpha value is -1.95. The fraction of sp³-hybridized carbons (Fsp3) is 0.100. The lowest BCUT2D eigenvalue weighted by atomic mass is 10.4. The van der Waals surface area contributed by atoms with Crippen LogP contribution in [0.4, 0.5) is 0 Å². The minimum atomic E-state index is -1.02. The van der Waals surface area contributed by atoms with Crippen LogP contribution >= 0.6 is 11.5 Å². The van der Waals surface area contributed by atoms with Crippen molar-refractivity contribution in [2.45, 2.75) is 6.61 Å². The molecule has 6 heteroatoms. The zero-order valence-electron chi connectivity index (χ0n) is 8.16. The number of hydrogen-bond acceptors (Lipinski definition) is 5. The monoisotopic (exact) mass is 236 g/mol. The van der Waals surface area contributed by atoms with E-state index in [4.69, 9.17) is 9.84 Å². The Labute approximate surface area is 95.5 Å². The van der Waals surface area contributed by atoms with Crippen molar-refractivity contribution >= 4 is 17.5 Å². The van der Waals surface area contributed by atoms with Crippen LogP contribution in [-0.2, 0) is 6.61 Å². The Morgan fingerprint density at radius 3 is 3.06 bits per heavy atom. The molecule has 0 bridgehead atoms. The molecule has 0 amide bonds. The minimum Gasteiger partial charge on any atom is -0.486 e. The van der Waals surface area contributed by atoms with Crippen LogP contribution in [-0.4, -0.2) is 20.4 Å². The molecule has 2 rings (SSSR count). The lowest BCUT2D eigenvalue weighted by molar-refractivity contribution is 0.0692. The van der Waals surface area contributed by atoms with Gasteiger partial charge in [-0.05, 0) is 29.7 Å². The van der Waals surface area contributed by atoms with Crippen molar-refractivity contribution in [1.82, 2.24) is 9.36 Å². The van der Waals surface area contributed by atoms with Gasteiger partial charge < -0.3 is 9.84 Å². The van der Waals surface area contributed by atoms with Gasteiger partial charge >= 0.3 is 5.97 Å². The number of carboxylic acids is 1. The first kappa shape index (κ1) is 10.6. The van der Waals surface area contributed by atoms with Gasteiger partial charge in [-0.1, -0.05) is 0 Å². The predicted molar refractivity (Wildman–Crippen MR) is 57.6 cm³/mol. The van der Waals surface area contributed by atoms with E-state index in [-0.39, 0.29) is 5.69 Å². The number of rotatable bonds is 4. The number of aromatic carboxylic acids is 1. The summed E-state index contributed by atoms with van der Waals surface area (Å²) >= 11 is 1.12. The zero-order valence-corrected chi connectivity index (χ0v) is 8.98. The van der Waals surface area contributed by atoms with Crippen molar-refractivity contribution in [1.29, 1.82) is 0 Å². The first-order chi connectivity index (χ1) is 7.75. The summed E-state index contributed by atoms with van der Waals surface area (Å²) in [6, 6.07) is 5.06. The number of nitrogens with zero attached hydrogens (tertiary/aromatic N) is 2. The van der Waals surface area contributed by atoms with Gasteiger partial charge in [0.15, 0.2) is 5.69 Å². The summed E-state index contributed by atoms with van der Waals surface area (Å²) in [5.41, 5.74) is 0.0507. The third kappa shape index (κ3) is 2.54. The van der Waals surface area contributed by atoms with E-state index in [1.54, 1.807) is 24.5 Å². The van der Waals surface area contributed by atoms with Crippen LogP contribution in [0.15, 0.2) is 30.6 Å². The van der Waals surface area contributed by atoms with Crippen molar-refractivity contribution < 1.29 is 14.6 Å². The first-order valence-electron chi connectivity index (χ1n) is 4.47. The van der Waals surface area contributed by atoms with E-state index in [1.807, 2.05) is 0 Å². The van der Waals surface area contributed by atoms with Crippen molar-refractivity contribution in [3.05, 3.63) is 41.2 Å². The molecule has 0 saturated carbocycles. The normalized spacial score (nSPS) is 10.0. The summed E-state index contributed by atoms with van der Waals surface area (Å²) in [5, 5.41) is 8.68. The summed E-state index contributed by atoms with van der Waals surface area (Å²) in [6.45, 7) is 0.302. The Kier molecular flexibility index (Phi) is 3.11. The molecule has 0 aliphatic carbocycles. The maximum absolute atomic E-state index is 10.6. The van der Waals surface area contributed by atoms with Crippen LogP contribution in [0.5, 0.6) is 5.75 Å². The Balaban J connectivity index is 1.97. The van der Waals surface area contributed by atoms with E-state index in [9.17, 15) is 4.79 Å². The van der Waals surface area contributed by atoms with Gasteiger partial charge in [0.1, 0.15) is 12.4 Å². The molecule has 0 spiro atoms. The molecule has 2 aromatic heterocycles. The maximum atomic E-state index is 10.6. The van der Waals surface area contributed by atoms with Gasteiger partial charge in [-0.25, -0.2) is 4.79 Å². The van der Waals surface area contributed by atoms with Crippen LogP contribution in [0.2, 0.25) is 0 Å². The van der Waals surface area contributed by atoms with Gasteiger partial charge in [0.2, 0.25) is 0 Å². The lowest BCUT2D eigenvalue weighted by Crippen LogP contribution is -1.96. The van der Waals surface area contributed by atoms with Crippen molar-refractivity contribution in [2.24, 2.45) is 0 Å². The van der Waals surface area contributed by atoms with E-state index < -0.39 is 5.97 Å². The fourth-order valence-electron chi connectivity index (χ4n) is 1.07. The number of aromatic nitrogens is 2. The standard InChI is InChI=1S/C10H8N2O3S/c13-10(14)9-4-8(16-12-9)6-15-7-2-1-3-11-5-7/h1-5H,6H2,(H,13,14). The van der Waals surface area contributed by atoms with Gasteiger partial charge in [0.05, 0.1) is 11.1 Å². The quantitative estimate of drug-likeness (QED) is 0.876. The molecular formula is C10H8N2O3S. The number of carbonyl (C=O) groups is 1. The average Bonchev–Trinajstić information content (AvgIpc) is 2.76. The van der Waals surface area contributed by atoms with Crippen molar-refractivity contribution in [3.63, 3.8) is 0 Å². The smallest absolute Gasteiger partial charge is 0.355 e. The molecule has 0 atom stereocenters. The highest BCUT2D eigenvalue weighted by Gasteiger charge is 2.08. The molecule has 2 heterocycles. The highest BCUT2D eigenvalue weighted by atomic mass is 32.1. The summed E-state index contributed by atoms with van der Waals surface area (Å²) in [6.07, 6.45) is 3.25. The number of pyridine rings is 1. The SMILES string of the molecule is O=C(O)c1cc(COc2cccnc2)sn1. The van der Waals surface area contributed by atoms with Gasteiger partial charge in [0, 0.05) is 6.20 Å². The topological polar surface area (TPSA) is 72.3 Å². The van der Waals surface area contributed by atoms with Gasteiger partial charge in [-0.15, -0.1) is 0 Å². The summed E-state index contributed by atoms with van der Waals surface area (Å²) in [4.78, 5) is 15.2. The van der Waals surface area contributed by atoms with Gasteiger partial charge in [-0.3, -0.25) is 4.98 Å². The molecule has 0 radical (unpaired) electrons. The van der Waals surface area contributed by atoms with E-state index in [0.717, 1.165) is 16.4 Å². The Morgan fingerprint density at radius 2 is 2.44 bits per heavy atom. The fourth-order valence-corrected chi connectivity index (χ4v) is 1.69. The highest BCUT2D eigenvalue weighted by molar-refractivity contribution is 7.05. The molecule has 0 aliphatic rings. The highest BCUT2D eigenvalue weighted by Crippen LogP contribution is 2.14. The van der Waals surface area contributed by atoms with Crippen LogP contribution in [0, 0.1) is 0 Å². The molecule has 16 heavy (non-hydrogen) atoms. The third-order valence-corrected chi connectivity index (χ3v) is 2.55. The first-order valence-corrected chi connectivity index (χ1v) is 5.25. The van der Waals surface area contributed by atoms with Crippen LogP contribution < -0.4 is 4.74 Å². The lowest BCUT2D eigenvalue weighted by Gasteiger charge is -2.01. The number of hydrogen-bond donors (Lipinski definition) is 1. The molecule has 0 aliphatic heterocycles. The summed E-state index contributed by atoms with van der Waals surface area (Å²) < 4.78 is 9.17. The predicted octanol–water partition coefficient (Wildman–Crippen LogP) is 1.82. The van der Waals surface area contributed by atoms with E-state index in [2.05, 4.69) is 9.36 Å². The second-order valence-corrected chi connectivity index (χ2v) is 3.85.